The fourth-order valence-electron chi connectivity index (χ4n) is 2.96. The predicted molar refractivity (Wildman–Crippen MR) is 107 cm³/mol. The minimum atomic E-state index is -3.81. The summed E-state index contributed by atoms with van der Waals surface area (Å²) >= 11 is 3.09. The SMILES string of the molecule is CSc1nc2c(s1)c1cnn(Cc3cccc(S(N)(=O)=O)c3)c(=O)c1n2C. The maximum atomic E-state index is 13.0. The van der Waals surface area contributed by atoms with Crippen LogP contribution in [0.15, 0.2) is 44.5 Å². The Morgan fingerprint density at radius 3 is 2.81 bits per heavy atom. The van der Waals surface area contributed by atoms with Crippen LogP contribution in [0.25, 0.3) is 21.3 Å². The van der Waals surface area contributed by atoms with Crippen molar-refractivity contribution in [3.8, 4) is 0 Å². The minimum Gasteiger partial charge on any atom is -0.323 e. The van der Waals surface area contributed by atoms with Crippen molar-refractivity contribution in [2.24, 2.45) is 12.2 Å². The number of rotatable bonds is 4. The highest BCUT2D eigenvalue weighted by molar-refractivity contribution is 8.00. The Hall–Kier alpha value is -2.21. The van der Waals surface area contributed by atoms with E-state index in [2.05, 4.69) is 10.1 Å². The van der Waals surface area contributed by atoms with Gasteiger partial charge in [0.15, 0.2) is 9.99 Å². The summed E-state index contributed by atoms with van der Waals surface area (Å²) < 4.78 is 28.0. The molecular weight excluding hydrogens is 406 g/mol. The topological polar surface area (TPSA) is 113 Å². The number of aryl methyl sites for hydroxylation is 1. The first kappa shape index (κ1) is 18.2. The van der Waals surface area contributed by atoms with Crippen LogP contribution in [0.5, 0.6) is 0 Å². The van der Waals surface area contributed by atoms with E-state index < -0.39 is 10.0 Å². The summed E-state index contributed by atoms with van der Waals surface area (Å²) in [6.07, 6.45) is 3.62. The van der Waals surface area contributed by atoms with Gasteiger partial charge in [-0.2, -0.15) is 5.10 Å². The van der Waals surface area contributed by atoms with Gasteiger partial charge < -0.3 is 4.57 Å². The standard InChI is InChI=1S/C16H15N5O3S3/c1-20-12-11(13-14(20)19-16(25-2)26-13)7-18-21(15(12)22)8-9-4-3-5-10(6-9)27(17,23)24/h3-7H,8H2,1-2H3,(H2,17,23,24). The molecule has 2 N–H and O–H groups in total. The number of aromatic nitrogens is 4. The Morgan fingerprint density at radius 2 is 2.11 bits per heavy atom. The molecule has 4 aromatic rings. The largest absolute Gasteiger partial charge is 0.323 e. The number of hydrogen-bond donors (Lipinski definition) is 1. The zero-order chi connectivity index (χ0) is 19.3. The van der Waals surface area contributed by atoms with Crippen molar-refractivity contribution in [2.45, 2.75) is 15.8 Å². The molecule has 0 spiro atoms. The molecule has 0 atom stereocenters. The van der Waals surface area contributed by atoms with Gasteiger partial charge in [0.2, 0.25) is 10.0 Å². The second-order valence-electron chi connectivity index (χ2n) is 5.96. The van der Waals surface area contributed by atoms with Gasteiger partial charge in [0.25, 0.3) is 5.56 Å². The number of fused-ring (bicyclic) bond motifs is 3. The van der Waals surface area contributed by atoms with E-state index in [1.54, 1.807) is 34.7 Å². The molecule has 0 radical (unpaired) electrons. The summed E-state index contributed by atoms with van der Waals surface area (Å²) in [6.45, 7) is 0.139. The van der Waals surface area contributed by atoms with Gasteiger partial charge in [-0.3, -0.25) is 4.79 Å². The first-order valence-electron chi connectivity index (χ1n) is 7.80. The molecule has 27 heavy (non-hydrogen) atoms. The molecule has 8 nitrogen and oxygen atoms in total. The van der Waals surface area contributed by atoms with Crippen molar-refractivity contribution in [3.63, 3.8) is 0 Å². The van der Waals surface area contributed by atoms with Crippen LogP contribution in [0.2, 0.25) is 0 Å². The van der Waals surface area contributed by atoms with Gasteiger partial charge >= 0.3 is 0 Å². The van der Waals surface area contributed by atoms with E-state index in [9.17, 15) is 13.2 Å². The second kappa shape index (κ2) is 6.44. The number of benzene rings is 1. The minimum absolute atomic E-state index is 0.00213. The van der Waals surface area contributed by atoms with Crippen LogP contribution in [0.1, 0.15) is 5.56 Å². The Balaban J connectivity index is 1.83. The maximum absolute atomic E-state index is 13.0. The Labute approximate surface area is 162 Å². The van der Waals surface area contributed by atoms with E-state index in [4.69, 9.17) is 5.14 Å². The third-order valence-electron chi connectivity index (χ3n) is 4.24. The van der Waals surface area contributed by atoms with Crippen LogP contribution in [-0.4, -0.2) is 34.0 Å². The fraction of sp³-hybridized carbons (Fsp3) is 0.188. The monoisotopic (exact) mass is 421 g/mol. The molecule has 3 aromatic heterocycles. The zero-order valence-corrected chi connectivity index (χ0v) is 16.9. The van der Waals surface area contributed by atoms with Crippen LogP contribution >= 0.6 is 23.1 Å². The lowest BCUT2D eigenvalue weighted by molar-refractivity contribution is 0.597. The molecule has 0 unspecified atom stereocenters. The Kier molecular flexibility index (Phi) is 4.34. The van der Waals surface area contributed by atoms with Crippen LogP contribution in [0, 0.1) is 0 Å². The molecule has 11 heteroatoms. The maximum Gasteiger partial charge on any atom is 0.291 e. The summed E-state index contributed by atoms with van der Waals surface area (Å²) in [5.41, 5.74) is 1.64. The van der Waals surface area contributed by atoms with Crippen molar-refractivity contribution < 1.29 is 8.42 Å². The van der Waals surface area contributed by atoms with Crippen LogP contribution in [0.4, 0.5) is 0 Å². The van der Waals surface area contributed by atoms with E-state index in [0.29, 0.717) is 11.1 Å². The van der Waals surface area contributed by atoms with E-state index in [1.807, 2.05) is 13.3 Å². The molecule has 0 fully saturated rings. The van der Waals surface area contributed by atoms with Crippen molar-refractivity contribution in [1.29, 1.82) is 0 Å². The molecule has 0 aliphatic carbocycles. The molecule has 0 amide bonds. The van der Waals surface area contributed by atoms with Gasteiger partial charge in [-0.1, -0.05) is 23.9 Å². The number of thioether (sulfide) groups is 1. The molecule has 0 saturated carbocycles. The number of primary sulfonamides is 1. The molecule has 0 saturated heterocycles. The third kappa shape index (κ3) is 3.06. The van der Waals surface area contributed by atoms with Crippen LogP contribution in [0.3, 0.4) is 0 Å². The second-order valence-corrected chi connectivity index (χ2v) is 9.57. The lowest BCUT2D eigenvalue weighted by atomic mass is 10.2. The average Bonchev–Trinajstić information content (AvgIpc) is 3.16. The third-order valence-corrected chi connectivity index (χ3v) is 7.21. The summed E-state index contributed by atoms with van der Waals surface area (Å²) in [4.78, 5) is 17.5. The number of sulfonamides is 1. The summed E-state index contributed by atoms with van der Waals surface area (Å²) in [5.74, 6) is 0. The fourth-order valence-corrected chi connectivity index (χ4v) is 5.15. The number of thiazole rings is 1. The van der Waals surface area contributed by atoms with Crippen LogP contribution < -0.4 is 10.7 Å². The summed E-state index contributed by atoms with van der Waals surface area (Å²) in [7, 11) is -2.00. The van der Waals surface area contributed by atoms with E-state index in [0.717, 1.165) is 20.1 Å². The lowest BCUT2D eigenvalue weighted by Gasteiger charge is -2.07. The van der Waals surface area contributed by atoms with Gasteiger partial charge in [0.1, 0.15) is 5.52 Å². The molecule has 4 rings (SSSR count). The van der Waals surface area contributed by atoms with Gasteiger partial charge in [-0.15, -0.1) is 11.3 Å². The highest BCUT2D eigenvalue weighted by Crippen LogP contribution is 2.34. The molecular formula is C16H15N5O3S3. The normalized spacial score (nSPS) is 12.3. The smallest absolute Gasteiger partial charge is 0.291 e. The van der Waals surface area contributed by atoms with Crippen molar-refractivity contribution in [3.05, 3.63) is 46.4 Å². The molecule has 3 heterocycles. The van der Waals surface area contributed by atoms with Gasteiger partial charge in [0, 0.05) is 12.4 Å². The summed E-state index contributed by atoms with van der Waals surface area (Å²) in [5, 5.41) is 10.2. The highest BCUT2D eigenvalue weighted by Gasteiger charge is 2.18. The molecule has 140 valence electrons. The van der Waals surface area contributed by atoms with Crippen molar-refractivity contribution in [1.82, 2.24) is 19.3 Å². The van der Waals surface area contributed by atoms with Gasteiger partial charge in [-0.05, 0) is 24.0 Å². The Bertz CT molecular complexity index is 1350. The van der Waals surface area contributed by atoms with E-state index in [-0.39, 0.29) is 17.0 Å². The van der Waals surface area contributed by atoms with Crippen molar-refractivity contribution >= 4 is 54.4 Å². The lowest BCUT2D eigenvalue weighted by Crippen LogP contribution is -2.24. The van der Waals surface area contributed by atoms with Crippen molar-refractivity contribution in [2.75, 3.05) is 6.26 Å². The number of nitrogens with two attached hydrogens (primary N) is 1. The first-order chi connectivity index (χ1) is 12.8. The van der Waals surface area contributed by atoms with Gasteiger partial charge in [-0.25, -0.2) is 23.2 Å². The first-order valence-corrected chi connectivity index (χ1v) is 11.4. The molecule has 0 aliphatic heterocycles. The number of hydrogen-bond acceptors (Lipinski definition) is 7. The molecule has 0 aliphatic rings. The zero-order valence-electron chi connectivity index (χ0n) is 14.4. The Morgan fingerprint density at radius 1 is 1.33 bits per heavy atom. The molecule has 0 bridgehead atoms. The van der Waals surface area contributed by atoms with Crippen LogP contribution in [-0.2, 0) is 23.6 Å². The molecule has 1 aromatic carbocycles. The van der Waals surface area contributed by atoms with Gasteiger partial charge in [0.05, 0.1) is 22.3 Å². The number of nitrogens with zero attached hydrogens (tertiary/aromatic N) is 4. The summed E-state index contributed by atoms with van der Waals surface area (Å²) in [6, 6.07) is 6.18. The predicted octanol–water partition coefficient (Wildman–Crippen LogP) is 1.76. The quantitative estimate of drug-likeness (QED) is 0.503. The average molecular weight is 422 g/mol. The highest BCUT2D eigenvalue weighted by atomic mass is 32.2. The van der Waals surface area contributed by atoms with E-state index >= 15 is 0 Å². The van der Waals surface area contributed by atoms with E-state index in [1.165, 1.54) is 28.2 Å².